The lowest BCUT2D eigenvalue weighted by Gasteiger charge is -2.26. The Bertz CT molecular complexity index is 740. The second kappa shape index (κ2) is 7.25. The van der Waals surface area contributed by atoms with Crippen LogP contribution in [0, 0.1) is 11.2 Å². The smallest absolute Gasteiger partial charge is 0.274 e. The fourth-order valence-corrected chi connectivity index (χ4v) is 3.36. The molecule has 6 heteroatoms. The van der Waals surface area contributed by atoms with E-state index in [0.717, 1.165) is 32.4 Å². The second-order valence-electron chi connectivity index (χ2n) is 6.71. The van der Waals surface area contributed by atoms with Crippen molar-refractivity contribution >= 4 is 5.91 Å². The molecule has 3 rings (SSSR count). The third kappa shape index (κ3) is 3.83. The highest BCUT2D eigenvalue weighted by Gasteiger charge is 2.37. The molecule has 1 fully saturated rings. The number of nitrogens with one attached hydrogen (secondary N) is 1. The Hall–Kier alpha value is -2.37. The zero-order chi connectivity index (χ0) is 17.9. The summed E-state index contributed by atoms with van der Waals surface area (Å²) < 4.78 is 18.7. The first-order valence-corrected chi connectivity index (χ1v) is 8.77. The van der Waals surface area contributed by atoms with Crippen molar-refractivity contribution in [3.05, 3.63) is 47.5 Å². The highest BCUT2D eigenvalue weighted by atomic mass is 19.1. The molecule has 1 aromatic carbocycles. The van der Waals surface area contributed by atoms with E-state index in [0.29, 0.717) is 17.1 Å². The van der Waals surface area contributed by atoms with Crippen LogP contribution >= 0.6 is 0 Å². The van der Waals surface area contributed by atoms with Crippen LogP contribution in [0.15, 0.2) is 30.3 Å². The lowest BCUT2D eigenvalue weighted by molar-refractivity contribution is 0.0764. The summed E-state index contributed by atoms with van der Waals surface area (Å²) in [5.74, 6) is 0.0528. The molecular formula is C19H24FN3O2. The summed E-state index contributed by atoms with van der Waals surface area (Å²) in [4.78, 5) is 14.5. The number of H-pyrrole nitrogens is 1. The van der Waals surface area contributed by atoms with Crippen molar-refractivity contribution in [2.24, 2.45) is 5.41 Å². The molecule has 0 spiro atoms. The van der Waals surface area contributed by atoms with Gasteiger partial charge in [0.15, 0.2) is 5.69 Å². The zero-order valence-corrected chi connectivity index (χ0v) is 14.7. The highest BCUT2D eigenvalue weighted by Crippen LogP contribution is 2.37. The molecule has 1 N–H and O–H groups in total. The number of aromatic amines is 1. The van der Waals surface area contributed by atoms with Crippen LogP contribution in [0.3, 0.4) is 0 Å². The maximum absolute atomic E-state index is 13.1. The minimum absolute atomic E-state index is 0.0444. The van der Waals surface area contributed by atoms with Crippen LogP contribution in [0.1, 0.15) is 49.3 Å². The van der Waals surface area contributed by atoms with Crippen molar-refractivity contribution in [2.75, 3.05) is 13.1 Å². The molecule has 0 atom stereocenters. The largest absolute Gasteiger partial charge is 0.487 e. The Balaban J connectivity index is 1.60. The Morgan fingerprint density at radius 3 is 2.84 bits per heavy atom. The minimum atomic E-state index is -0.345. The number of likely N-dealkylation sites (tertiary alicyclic amines) is 1. The summed E-state index contributed by atoms with van der Waals surface area (Å²) in [6.45, 7) is 6.16. The van der Waals surface area contributed by atoms with Gasteiger partial charge in [0.25, 0.3) is 5.91 Å². The van der Waals surface area contributed by atoms with E-state index in [-0.39, 0.29) is 23.7 Å². The summed E-state index contributed by atoms with van der Waals surface area (Å²) in [5.41, 5.74) is 1.33. The molecule has 1 aromatic heterocycles. The van der Waals surface area contributed by atoms with Crippen molar-refractivity contribution in [1.82, 2.24) is 15.1 Å². The molecule has 0 radical (unpaired) electrons. The van der Waals surface area contributed by atoms with E-state index in [2.05, 4.69) is 24.0 Å². The Labute approximate surface area is 147 Å². The van der Waals surface area contributed by atoms with Crippen LogP contribution in [0.4, 0.5) is 4.39 Å². The first-order chi connectivity index (χ1) is 12.0. The lowest BCUT2D eigenvalue weighted by Crippen LogP contribution is -2.32. The molecule has 134 valence electrons. The second-order valence-corrected chi connectivity index (χ2v) is 6.71. The van der Waals surface area contributed by atoms with Gasteiger partial charge in [-0.1, -0.05) is 19.9 Å². The van der Waals surface area contributed by atoms with Crippen LogP contribution in [-0.4, -0.2) is 34.1 Å². The number of hydrogen-bond donors (Lipinski definition) is 1. The monoisotopic (exact) mass is 345 g/mol. The number of aromatic nitrogens is 2. The predicted octanol–water partition coefficient (Wildman–Crippen LogP) is 3.78. The molecule has 1 aliphatic heterocycles. The molecule has 25 heavy (non-hydrogen) atoms. The number of benzene rings is 1. The summed E-state index contributed by atoms with van der Waals surface area (Å²) in [5, 5.41) is 6.95. The van der Waals surface area contributed by atoms with E-state index in [9.17, 15) is 9.18 Å². The van der Waals surface area contributed by atoms with Crippen LogP contribution in [0.2, 0.25) is 0 Å². The molecule has 1 aliphatic rings. The van der Waals surface area contributed by atoms with Gasteiger partial charge in [-0.15, -0.1) is 0 Å². The van der Waals surface area contributed by atoms with Gasteiger partial charge in [-0.05, 0) is 42.9 Å². The van der Waals surface area contributed by atoms with Gasteiger partial charge in [0.1, 0.15) is 18.2 Å². The topological polar surface area (TPSA) is 58.2 Å². The molecule has 0 bridgehead atoms. The number of nitrogens with zero attached hydrogens (tertiary/aromatic N) is 2. The predicted molar refractivity (Wildman–Crippen MR) is 92.9 cm³/mol. The first kappa shape index (κ1) is 17.5. The lowest BCUT2D eigenvalue weighted by atomic mass is 9.82. The molecule has 2 aromatic rings. The average molecular weight is 345 g/mol. The molecule has 1 amide bonds. The molecule has 0 aliphatic carbocycles. The van der Waals surface area contributed by atoms with Crippen molar-refractivity contribution in [1.29, 1.82) is 0 Å². The number of ether oxygens (including phenoxy) is 1. The maximum atomic E-state index is 13.1. The normalized spacial score (nSPS) is 16.2. The molecular weight excluding hydrogens is 321 g/mol. The summed E-state index contributed by atoms with van der Waals surface area (Å²) in [6, 6.07) is 7.67. The first-order valence-electron chi connectivity index (χ1n) is 8.77. The van der Waals surface area contributed by atoms with Crippen molar-refractivity contribution in [3.8, 4) is 5.75 Å². The molecule has 0 saturated carbocycles. The average Bonchev–Trinajstić information content (AvgIpc) is 3.27. The van der Waals surface area contributed by atoms with E-state index >= 15 is 0 Å². The van der Waals surface area contributed by atoms with E-state index < -0.39 is 0 Å². The van der Waals surface area contributed by atoms with Gasteiger partial charge >= 0.3 is 0 Å². The summed E-state index contributed by atoms with van der Waals surface area (Å²) in [6.07, 6.45) is 3.22. The molecule has 0 unspecified atom stereocenters. The van der Waals surface area contributed by atoms with Gasteiger partial charge in [-0.2, -0.15) is 5.10 Å². The van der Waals surface area contributed by atoms with Gasteiger partial charge in [0.2, 0.25) is 0 Å². The van der Waals surface area contributed by atoms with Gasteiger partial charge in [-0.3, -0.25) is 9.89 Å². The fraction of sp³-hybridized carbons (Fsp3) is 0.474. The number of carbonyl (C=O) groups excluding carboxylic acids is 1. The minimum Gasteiger partial charge on any atom is -0.487 e. The summed E-state index contributed by atoms with van der Waals surface area (Å²) in [7, 11) is 0. The number of rotatable bonds is 6. The van der Waals surface area contributed by atoms with Crippen LogP contribution in [0.25, 0.3) is 0 Å². The Morgan fingerprint density at radius 1 is 1.36 bits per heavy atom. The third-order valence-electron chi connectivity index (χ3n) is 5.27. The van der Waals surface area contributed by atoms with Gasteiger partial charge in [0, 0.05) is 19.2 Å². The maximum Gasteiger partial charge on any atom is 0.274 e. The quantitative estimate of drug-likeness (QED) is 0.867. The van der Waals surface area contributed by atoms with E-state index in [1.165, 1.54) is 12.1 Å². The van der Waals surface area contributed by atoms with Gasteiger partial charge < -0.3 is 9.64 Å². The van der Waals surface area contributed by atoms with E-state index in [1.54, 1.807) is 18.2 Å². The van der Waals surface area contributed by atoms with Crippen molar-refractivity contribution in [3.63, 3.8) is 0 Å². The third-order valence-corrected chi connectivity index (χ3v) is 5.27. The van der Waals surface area contributed by atoms with Crippen LogP contribution in [0.5, 0.6) is 5.75 Å². The van der Waals surface area contributed by atoms with E-state index in [1.807, 2.05) is 4.90 Å². The van der Waals surface area contributed by atoms with Crippen molar-refractivity contribution in [2.45, 2.75) is 39.7 Å². The number of amides is 1. The number of hydrogen-bond acceptors (Lipinski definition) is 3. The SMILES string of the molecule is CCC1(CC)CCN(C(=O)c2cc(COc3cccc(F)c3)[nH]n2)C1. The highest BCUT2D eigenvalue weighted by molar-refractivity contribution is 5.92. The summed E-state index contributed by atoms with van der Waals surface area (Å²) >= 11 is 0. The van der Waals surface area contributed by atoms with Crippen LogP contribution < -0.4 is 4.74 Å². The number of carbonyl (C=O) groups is 1. The fourth-order valence-electron chi connectivity index (χ4n) is 3.36. The zero-order valence-electron chi connectivity index (χ0n) is 14.7. The van der Waals surface area contributed by atoms with Gasteiger partial charge in [0.05, 0.1) is 5.69 Å². The van der Waals surface area contributed by atoms with Gasteiger partial charge in [-0.25, -0.2) is 4.39 Å². The standard InChI is InChI=1S/C19H24FN3O2/c1-3-19(4-2)8-9-23(13-19)18(24)17-11-15(21-22-17)12-25-16-7-5-6-14(20)10-16/h5-7,10-11H,3-4,8-9,12-13H2,1-2H3,(H,21,22). The number of halogens is 1. The molecule has 1 saturated heterocycles. The van der Waals surface area contributed by atoms with Crippen LogP contribution in [-0.2, 0) is 6.61 Å². The Morgan fingerprint density at radius 2 is 2.16 bits per heavy atom. The molecule has 2 heterocycles. The Kier molecular flexibility index (Phi) is 5.06. The van der Waals surface area contributed by atoms with Crippen molar-refractivity contribution < 1.29 is 13.9 Å². The van der Waals surface area contributed by atoms with E-state index in [4.69, 9.17) is 4.74 Å². The molecule has 5 nitrogen and oxygen atoms in total.